The van der Waals surface area contributed by atoms with Crippen molar-refractivity contribution in [2.24, 2.45) is 5.16 Å². The van der Waals surface area contributed by atoms with Crippen LogP contribution in [0.4, 0.5) is 5.13 Å². The van der Waals surface area contributed by atoms with Crippen molar-refractivity contribution in [2.75, 3.05) is 18.1 Å². The molecule has 0 aliphatic carbocycles. The Kier molecular flexibility index (Phi) is 8.11. The van der Waals surface area contributed by atoms with E-state index in [-0.39, 0.29) is 52.1 Å². The zero-order chi connectivity index (χ0) is 25.9. The topological polar surface area (TPSA) is 191 Å². The summed E-state index contributed by atoms with van der Waals surface area (Å²) in [6.45, 7) is 4.29. The lowest BCUT2D eigenvalue weighted by molar-refractivity contribution is -0.150. The highest BCUT2D eigenvalue weighted by molar-refractivity contribution is 8.00. The molecule has 188 valence electrons. The maximum Gasteiger partial charge on any atom is 0.352 e. The van der Waals surface area contributed by atoms with Gasteiger partial charge in [0.1, 0.15) is 47.7 Å². The van der Waals surface area contributed by atoms with Crippen LogP contribution in [-0.2, 0) is 33.5 Å². The number of nitrogens with two attached hydrogens (primary N) is 1. The molecule has 1 aromatic heterocycles. The number of aliphatic carboxylic acids is 1. The molecule has 2 aliphatic rings. The number of carbonyl (C=O) groups is 5. The van der Waals surface area contributed by atoms with Gasteiger partial charge in [0.15, 0.2) is 10.8 Å². The molecular formula is C20H23N5O8S2. The first-order valence-electron chi connectivity index (χ1n) is 10.3. The summed E-state index contributed by atoms with van der Waals surface area (Å²) in [6, 6.07) is -1.02. The van der Waals surface area contributed by atoms with Crippen LogP contribution in [0, 0.1) is 0 Å². The number of ether oxygens (including phenoxy) is 1. The number of rotatable bonds is 10. The third kappa shape index (κ3) is 5.97. The second-order valence-corrected chi connectivity index (χ2v) is 9.82. The van der Waals surface area contributed by atoms with Crippen molar-refractivity contribution in [3.8, 4) is 0 Å². The highest BCUT2D eigenvalue weighted by Crippen LogP contribution is 2.40. The highest BCUT2D eigenvalue weighted by Gasteiger charge is 2.54. The van der Waals surface area contributed by atoms with Crippen LogP contribution < -0.4 is 11.1 Å². The number of ketones is 1. The number of anilines is 1. The summed E-state index contributed by atoms with van der Waals surface area (Å²) in [5.74, 6) is -3.81. The predicted octanol–water partition coefficient (Wildman–Crippen LogP) is 0.115. The number of carboxylic acid groups (broad SMARTS) is 1. The lowest BCUT2D eigenvalue weighted by atomic mass is 10.0. The average Bonchev–Trinajstić information content (AvgIpc) is 3.20. The van der Waals surface area contributed by atoms with Crippen molar-refractivity contribution in [3.05, 3.63) is 22.3 Å². The molecule has 0 aromatic carbocycles. The van der Waals surface area contributed by atoms with Gasteiger partial charge in [0.05, 0.1) is 0 Å². The van der Waals surface area contributed by atoms with E-state index >= 15 is 0 Å². The molecule has 0 saturated carbocycles. The summed E-state index contributed by atoms with van der Waals surface area (Å²) >= 11 is 2.30. The number of nitrogen functional groups attached to an aromatic ring is 1. The van der Waals surface area contributed by atoms with Gasteiger partial charge in [0.25, 0.3) is 11.8 Å². The minimum Gasteiger partial charge on any atom is -0.477 e. The molecular weight excluding hydrogens is 502 g/mol. The molecule has 1 aromatic rings. The van der Waals surface area contributed by atoms with Crippen LogP contribution in [-0.4, -0.2) is 80.1 Å². The Hall–Kier alpha value is -3.46. The molecule has 15 heteroatoms. The molecule has 13 nitrogen and oxygen atoms in total. The summed E-state index contributed by atoms with van der Waals surface area (Å²) in [4.78, 5) is 70.7. The largest absolute Gasteiger partial charge is 0.477 e. The van der Waals surface area contributed by atoms with Crippen LogP contribution in [0.25, 0.3) is 0 Å². The SMILES string of the molecule is CC(=O)CC(=O)OCC1=C(C(=O)O)N2C(=O)[C@@H](NC(=O)C(=NOC(C)C)c3csc(N)n3)[C@@H]2SC1. The summed E-state index contributed by atoms with van der Waals surface area (Å²) in [6.07, 6.45) is -0.758. The first kappa shape index (κ1) is 26.2. The lowest BCUT2D eigenvalue weighted by Crippen LogP contribution is -2.71. The quantitative estimate of drug-likeness (QED) is 0.124. The summed E-state index contributed by atoms with van der Waals surface area (Å²) in [5.41, 5.74) is 5.54. The zero-order valence-electron chi connectivity index (χ0n) is 19.0. The van der Waals surface area contributed by atoms with Gasteiger partial charge in [-0.2, -0.15) is 0 Å². The van der Waals surface area contributed by atoms with Crippen molar-refractivity contribution in [1.29, 1.82) is 0 Å². The van der Waals surface area contributed by atoms with Gasteiger partial charge in [0, 0.05) is 16.7 Å². The maximum atomic E-state index is 12.9. The number of esters is 1. The Morgan fingerprint density at radius 2 is 2.09 bits per heavy atom. The molecule has 2 atom stereocenters. The third-order valence-electron chi connectivity index (χ3n) is 4.67. The molecule has 1 fully saturated rings. The molecule has 0 radical (unpaired) electrons. The van der Waals surface area contributed by atoms with Crippen LogP contribution in [0.1, 0.15) is 32.9 Å². The number of nitrogens with one attached hydrogen (secondary N) is 1. The van der Waals surface area contributed by atoms with E-state index < -0.39 is 41.6 Å². The van der Waals surface area contributed by atoms with Crippen molar-refractivity contribution in [1.82, 2.24) is 15.2 Å². The minimum absolute atomic E-state index is 0.135. The third-order valence-corrected chi connectivity index (χ3v) is 6.69. The summed E-state index contributed by atoms with van der Waals surface area (Å²) in [5, 5.41) is 17.1. The standard InChI is InChI=1S/C20H23N5O8S2/c1-8(2)33-24-13(11-7-35-20(21)22-11)16(28)23-14-17(29)25-15(19(30)31)10(6-34-18(14)25)5-32-12(27)4-9(3)26/h7-8,14,18H,4-6H2,1-3H3,(H2,21,22)(H,23,28)(H,30,31)/t14-,18+/m1/s1. The summed E-state index contributed by atoms with van der Waals surface area (Å²) in [7, 11) is 0. The number of carbonyl (C=O) groups excluding carboxylic acids is 4. The number of hydrogen-bond donors (Lipinski definition) is 3. The van der Waals surface area contributed by atoms with Gasteiger partial charge in [-0.1, -0.05) is 5.16 Å². The van der Waals surface area contributed by atoms with Crippen LogP contribution >= 0.6 is 23.1 Å². The highest BCUT2D eigenvalue weighted by atomic mass is 32.2. The van der Waals surface area contributed by atoms with E-state index in [0.29, 0.717) is 0 Å². The second-order valence-electron chi connectivity index (χ2n) is 7.82. The Morgan fingerprint density at radius 3 is 2.66 bits per heavy atom. The molecule has 35 heavy (non-hydrogen) atoms. The van der Waals surface area contributed by atoms with E-state index in [1.54, 1.807) is 13.8 Å². The molecule has 3 heterocycles. The maximum absolute atomic E-state index is 12.9. The zero-order valence-corrected chi connectivity index (χ0v) is 20.6. The number of carboxylic acids is 1. The number of thioether (sulfide) groups is 1. The van der Waals surface area contributed by atoms with Crippen LogP contribution in [0.2, 0.25) is 0 Å². The number of amides is 2. The first-order chi connectivity index (χ1) is 16.5. The second kappa shape index (κ2) is 10.9. The van der Waals surface area contributed by atoms with Gasteiger partial charge in [-0.3, -0.25) is 24.1 Å². The van der Waals surface area contributed by atoms with Crippen LogP contribution in [0.5, 0.6) is 0 Å². The molecule has 0 unspecified atom stereocenters. The number of nitrogens with zero attached hydrogens (tertiary/aromatic N) is 3. The van der Waals surface area contributed by atoms with Gasteiger partial charge in [-0.05, 0) is 20.8 Å². The van der Waals surface area contributed by atoms with Crippen molar-refractivity contribution >= 4 is 63.5 Å². The van der Waals surface area contributed by atoms with E-state index in [0.717, 1.165) is 16.2 Å². The Labute approximate surface area is 207 Å². The van der Waals surface area contributed by atoms with E-state index in [1.807, 2.05) is 0 Å². The first-order valence-corrected chi connectivity index (χ1v) is 12.2. The Bertz CT molecular complexity index is 1130. The van der Waals surface area contributed by atoms with Gasteiger partial charge in [-0.25, -0.2) is 9.78 Å². The number of hydrogen-bond acceptors (Lipinski definition) is 12. The van der Waals surface area contributed by atoms with E-state index in [9.17, 15) is 29.1 Å². The van der Waals surface area contributed by atoms with Gasteiger partial charge in [-0.15, -0.1) is 23.1 Å². The fraction of sp³-hybridized carbons (Fsp3) is 0.450. The monoisotopic (exact) mass is 525 g/mol. The molecule has 1 saturated heterocycles. The smallest absolute Gasteiger partial charge is 0.352 e. The van der Waals surface area contributed by atoms with E-state index in [1.165, 1.54) is 24.1 Å². The average molecular weight is 526 g/mol. The number of thiazole rings is 1. The number of Topliss-reactive ketones (excluding diaryl/α,β-unsaturated/α-hetero) is 1. The van der Waals surface area contributed by atoms with Crippen molar-refractivity contribution < 1.29 is 38.7 Å². The minimum atomic E-state index is -1.38. The van der Waals surface area contributed by atoms with E-state index in [2.05, 4.69) is 15.5 Å². The Morgan fingerprint density at radius 1 is 1.37 bits per heavy atom. The molecule has 4 N–H and O–H groups in total. The molecule has 0 spiro atoms. The molecule has 2 amide bonds. The number of oxime groups is 1. The number of fused-ring (bicyclic) bond motifs is 1. The fourth-order valence-corrected chi connectivity index (χ4v) is 5.06. The van der Waals surface area contributed by atoms with Crippen LogP contribution in [0.3, 0.4) is 0 Å². The molecule has 0 bridgehead atoms. The molecule has 2 aliphatic heterocycles. The van der Waals surface area contributed by atoms with Crippen molar-refractivity contribution in [2.45, 2.75) is 44.7 Å². The lowest BCUT2D eigenvalue weighted by Gasteiger charge is -2.49. The van der Waals surface area contributed by atoms with Gasteiger partial charge >= 0.3 is 11.9 Å². The van der Waals surface area contributed by atoms with Gasteiger partial charge in [0.2, 0.25) is 0 Å². The predicted molar refractivity (Wildman–Crippen MR) is 125 cm³/mol. The number of β-lactam (4-membered cyclic amide) rings is 1. The summed E-state index contributed by atoms with van der Waals surface area (Å²) < 4.78 is 4.99. The van der Waals surface area contributed by atoms with Crippen LogP contribution in [0.15, 0.2) is 21.8 Å². The van der Waals surface area contributed by atoms with E-state index in [4.69, 9.17) is 15.3 Å². The molecule has 3 rings (SSSR count). The van der Waals surface area contributed by atoms with Crippen molar-refractivity contribution in [3.63, 3.8) is 0 Å². The normalized spacial score (nSPS) is 19.7. The number of aromatic nitrogens is 1. The fourth-order valence-electron chi connectivity index (χ4n) is 3.18. The van der Waals surface area contributed by atoms with Gasteiger partial charge < -0.3 is 25.7 Å². The Balaban J connectivity index is 1.75.